The molecule has 0 radical (unpaired) electrons. The van der Waals surface area contributed by atoms with Gasteiger partial charge < -0.3 is 10.1 Å². The number of rotatable bonds is 5. The molecule has 21 heavy (non-hydrogen) atoms. The molecule has 3 nitrogen and oxygen atoms in total. The predicted molar refractivity (Wildman–Crippen MR) is 85.3 cm³/mol. The van der Waals surface area contributed by atoms with Crippen LogP contribution < -0.4 is 10.1 Å². The molecule has 0 amide bonds. The highest BCUT2D eigenvalue weighted by Gasteiger charge is 1.99. The van der Waals surface area contributed by atoms with Gasteiger partial charge in [-0.15, -0.1) is 0 Å². The molecule has 0 unspecified atom stereocenters. The van der Waals surface area contributed by atoms with E-state index in [4.69, 9.17) is 4.74 Å². The van der Waals surface area contributed by atoms with Crippen LogP contribution in [0, 0.1) is 0 Å². The van der Waals surface area contributed by atoms with Gasteiger partial charge in [-0.3, -0.25) is 4.98 Å². The average Bonchev–Trinajstić information content (AvgIpc) is 2.55. The Labute approximate surface area is 124 Å². The minimum atomic E-state index is 0.822. The van der Waals surface area contributed by atoms with Gasteiger partial charge in [0, 0.05) is 24.7 Å². The number of fused-ring (bicyclic) bond motifs is 1. The first-order valence-corrected chi connectivity index (χ1v) is 7.02. The lowest BCUT2D eigenvalue weighted by atomic mass is 10.1. The van der Waals surface area contributed by atoms with Crippen LogP contribution in [-0.2, 0) is 13.1 Å². The molecule has 0 saturated heterocycles. The fraction of sp³-hybridized carbons (Fsp3) is 0.167. The molecule has 0 aliphatic heterocycles. The summed E-state index contributed by atoms with van der Waals surface area (Å²) in [5, 5.41) is 4.64. The maximum Gasteiger partial charge on any atom is 0.119 e. The molecular weight excluding hydrogens is 260 g/mol. The minimum Gasteiger partial charge on any atom is -0.497 e. The van der Waals surface area contributed by atoms with Crippen LogP contribution >= 0.6 is 0 Å². The Balaban J connectivity index is 1.63. The van der Waals surface area contributed by atoms with Gasteiger partial charge in [0.2, 0.25) is 0 Å². The zero-order valence-electron chi connectivity index (χ0n) is 12.0. The van der Waals surface area contributed by atoms with Crippen LogP contribution in [0.15, 0.2) is 60.8 Å². The van der Waals surface area contributed by atoms with Gasteiger partial charge in [0.15, 0.2) is 0 Å². The quantitative estimate of drug-likeness (QED) is 0.775. The monoisotopic (exact) mass is 278 g/mol. The van der Waals surface area contributed by atoms with Gasteiger partial charge in [0.05, 0.1) is 12.6 Å². The summed E-state index contributed by atoms with van der Waals surface area (Å²) in [5.41, 5.74) is 3.52. The van der Waals surface area contributed by atoms with E-state index in [9.17, 15) is 0 Å². The van der Waals surface area contributed by atoms with Gasteiger partial charge >= 0.3 is 0 Å². The third kappa shape index (κ3) is 3.38. The largest absolute Gasteiger partial charge is 0.497 e. The SMILES string of the molecule is COc1cccc(CNCc2ccc3ncccc3c2)c1. The Morgan fingerprint density at radius 2 is 1.81 bits per heavy atom. The fourth-order valence-corrected chi connectivity index (χ4v) is 2.37. The first kappa shape index (κ1) is 13.6. The average molecular weight is 278 g/mol. The van der Waals surface area contributed by atoms with Crippen molar-refractivity contribution in [2.24, 2.45) is 0 Å². The lowest BCUT2D eigenvalue weighted by Crippen LogP contribution is -2.12. The number of nitrogens with one attached hydrogen (secondary N) is 1. The molecular formula is C18H18N2O. The normalized spacial score (nSPS) is 10.7. The Morgan fingerprint density at radius 1 is 0.952 bits per heavy atom. The second-order valence-corrected chi connectivity index (χ2v) is 4.99. The molecule has 0 fully saturated rings. The van der Waals surface area contributed by atoms with Crippen molar-refractivity contribution in [3.63, 3.8) is 0 Å². The molecule has 0 bridgehead atoms. The lowest BCUT2D eigenvalue weighted by molar-refractivity contribution is 0.414. The summed E-state index contributed by atoms with van der Waals surface area (Å²) in [4.78, 5) is 4.33. The Hall–Kier alpha value is -2.39. The van der Waals surface area contributed by atoms with Gasteiger partial charge in [0.25, 0.3) is 0 Å². The number of aromatic nitrogens is 1. The van der Waals surface area contributed by atoms with E-state index in [0.29, 0.717) is 0 Å². The number of ether oxygens (including phenoxy) is 1. The van der Waals surface area contributed by atoms with E-state index in [1.165, 1.54) is 16.5 Å². The zero-order chi connectivity index (χ0) is 14.5. The van der Waals surface area contributed by atoms with E-state index in [2.05, 4.69) is 46.7 Å². The summed E-state index contributed by atoms with van der Waals surface area (Å²) in [5.74, 6) is 0.895. The third-order valence-corrected chi connectivity index (χ3v) is 3.46. The van der Waals surface area contributed by atoms with Crippen molar-refractivity contribution in [1.82, 2.24) is 10.3 Å². The fourth-order valence-electron chi connectivity index (χ4n) is 2.37. The molecule has 3 aromatic rings. The summed E-state index contributed by atoms with van der Waals surface area (Å²) in [6.45, 7) is 1.66. The van der Waals surface area contributed by atoms with E-state index >= 15 is 0 Å². The highest BCUT2D eigenvalue weighted by Crippen LogP contribution is 2.14. The smallest absolute Gasteiger partial charge is 0.119 e. The van der Waals surface area contributed by atoms with Crippen molar-refractivity contribution in [3.05, 3.63) is 71.9 Å². The highest BCUT2D eigenvalue weighted by atomic mass is 16.5. The van der Waals surface area contributed by atoms with Gasteiger partial charge in [-0.25, -0.2) is 0 Å². The molecule has 106 valence electrons. The van der Waals surface area contributed by atoms with Crippen LogP contribution in [-0.4, -0.2) is 12.1 Å². The summed E-state index contributed by atoms with van der Waals surface area (Å²) in [6.07, 6.45) is 1.82. The molecule has 1 N–H and O–H groups in total. The van der Waals surface area contributed by atoms with E-state index in [1.54, 1.807) is 7.11 Å². The first-order valence-electron chi connectivity index (χ1n) is 7.02. The first-order chi connectivity index (χ1) is 10.3. The van der Waals surface area contributed by atoms with Crippen LogP contribution in [0.2, 0.25) is 0 Å². The maximum absolute atomic E-state index is 5.23. The number of nitrogens with zero attached hydrogens (tertiary/aromatic N) is 1. The van der Waals surface area contributed by atoms with Crippen LogP contribution in [0.5, 0.6) is 5.75 Å². The number of benzene rings is 2. The number of pyridine rings is 1. The summed E-state index contributed by atoms with van der Waals surface area (Å²) in [6, 6.07) is 18.5. The predicted octanol–water partition coefficient (Wildman–Crippen LogP) is 3.53. The van der Waals surface area contributed by atoms with Crippen molar-refractivity contribution in [3.8, 4) is 5.75 Å². The second kappa shape index (κ2) is 6.37. The van der Waals surface area contributed by atoms with E-state index in [-0.39, 0.29) is 0 Å². The van der Waals surface area contributed by atoms with Crippen LogP contribution in [0.25, 0.3) is 10.9 Å². The molecule has 0 spiro atoms. The van der Waals surface area contributed by atoms with Gasteiger partial charge in [-0.2, -0.15) is 0 Å². The number of hydrogen-bond donors (Lipinski definition) is 1. The molecule has 3 heteroatoms. The molecule has 0 saturated carbocycles. The zero-order valence-corrected chi connectivity index (χ0v) is 12.0. The summed E-state index contributed by atoms with van der Waals surface area (Å²) in [7, 11) is 1.69. The number of hydrogen-bond acceptors (Lipinski definition) is 3. The Morgan fingerprint density at radius 3 is 2.67 bits per heavy atom. The Kier molecular flexibility index (Phi) is 4.12. The maximum atomic E-state index is 5.23. The summed E-state index contributed by atoms with van der Waals surface area (Å²) >= 11 is 0. The molecule has 0 atom stereocenters. The van der Waals surface area contributed by atoms with Crippen molar-refractivity contribution in [1.29, 1.82) is 0 Å². The molecule has 0 aliphatic carbocycles. The van der Waals surface area contributed by atoms with Gasteiger partial charge in [-0.1, -0.05) is 24.3 Å². The minimum absolute atomic E-state index is 0.822. The molecule has 0 aliphatic rings. The van der Waals surface area contributed by atoms with E-state index in [0.717, 1.165) is 24.4 Å². The third-order valence-electron chi connectivity index (χ3n) is 3.46. The topological polar surface area (TPSA) is 34.1 Å². The molecule has 1 aromatic heterocycles. The van der Waals surface area contributed by atoms with Gasteiger partial charge in [-0.05, 0) is 41.5 Å². The van der Waals surface area contributed by atoms with Crippen molar-refractivity contribution in [2.75, 3.05) is 7.11 Å². The molecule has 2 aromatic carbocycles. The van der Waals surface area contributed by atoms with Crippen molar-refractivity contribution < 1.29 is 4.74 Å². The number of methoxy groups -OCH3 is 1. The van der Waals surface area contributed by atoms with Crippen molar-refractivity contribution in [2.45, 2.75) is 13.1 Å². The van der Waals surface area contributed by atoms with Crippen LogP contribution in [0.3, 0.4) is 0 Å². The van der Waals surface area contributed by atoms with Gasteiger partial charge in [0.1, 0.15) is 5.75 Å². The van der Waals surface area contributed by atoms with Crippen LogP contribution in [0.1, 0.15) is 11.1 Å². The summed E-state index contributed by atoms with van der Waals surface area (Å²) < 4.78 is 5.23. The highest BCUT2D eigenvalue weighted by molar-refractivity contribution is 5.78. The second-order valence-electron chi connectivity index (χ2n) is 4.99. The standard InChI is InChI=1S/C18H18N2O/c1-21-17-6-2-4-14(11-17)12-19-13-15-7-8-18-16(10-15)5-3-9-20-18/h2-11,19H,12-13H2,1H3. The lowest BCUT2D eigenvalue weighted by Gasteiger charge is -2.07. The van der Waals surface area contributed by atoms with Crippen LogP contribution in [0.4, 0.5) is 0 Å². The van der Waals surface area contributed by atoms with Crippen molar-refractivity contribution >= 4 is 10.9 Å². The molecule has 1 heterocycles. The van der Waals surface area contributed by atoms with E-state index in [1.807, 2.05) is 24.4 Å². The van der Waals surface area contributed by atoms with E-state index < -0.39 is 0 Å². The Bertz CT molecular complexity index is 740. The molecule has 3 rings (SSSR count).